The van der Waals surface area contributed by atoms with Crippen LogP contribution in [-0.4, -0.2) is 51.0 Å². The number of sulfonamides is 1. The molecular formula is C12H17BrN4O2S. The monoisotopic (exact) mass is 360 g/mol. The van der Waals surface area contributed by atoms with Gasteiger partial charge in [-0.05, 0) is 34.1 Å². The van der Waals surface area contributed by atoms with E-state index < -0.39 is 10.0 Å². The van der Waals surface area contributed by atoms with E-state index in [1.54, 1.807) is 12.1 Å². The molecule has 0 amide bonds. The van der Waals surface area contributed by atoms with Crippen molar-refractivity contribution in [1.82, 2.24) is 4.31 Å². The highest BCUT2D eigenvalue weighted by atomic mass is 79.9. The Hall–Kier alpha value is -1.12. The van der Waals surface area contributed by atoms with Crippen molar-refractivity contribution >= 4 is 37.5 Å². The third kappa shape index (κ3) is 3.31. The Balaban J connectivity index is 2.13. The zero-order chi connectivity index (χ0) is 14.9. The van der Waals surface area contributed by atoms with Crippen molar-refractivity contribution < 1.29 is 8.42 Å². The van der Waals surface area contributed by atoms with E-state index in [9.17, 15) is 8.42 Å². The molecule has 0 bridgehead atoms. The van der Waals surface area contributed by atoms with Gasteiger partial charge in [0.1, 0.15) is 5.84 Å². The average molecular weight is 361 g/mol. The summed E-state index contributed by atoms with van der Waals surface area (Å²) in [6.45, 7) is 2.26. The maximum atomic E-state index is 11.5. The summed E-state index contributed by atoms with van der Waals surface area (Å²) in [5.74, 6) is 0.0270. The minimum Gasteiger partial charge on any atom is -0.384 e. The predicted octanol–water partition coefficient (Wildman–Crippen LogP) is 0.815. The lowest BCUT2D eigenvalue weighted by atomic mass is 10.1. The van der Waals surface area contributed by atoms with Crippen molar-refractivity contribution in [2.45, 2.75) is 0 Å². The molecule has 0 unspecified atom stereocenters. The van der Waals surface area contributed by atoms with Crippen LogP contribution in [0.3, 0.4) is 0 Å². The molecule has 0 saturated carbocycles. The van der Waals surface area contributed by atoms with Crippen molar-refractivity contribution in [3.8, 4) is 0 Å². The molecule has 1 fully saturated rings. The van der Waals surface area contributed by atoms with Gasteiger partial charge in [0, 0.05) is 36.2 Å². The number of hydrogen-bond acceptors (Lipinski definition) is 4. The predicted molar refractivity (Wildman–Crippen MR) is 83.8 cm³/mol. The minimum atomic E-state index is -3.11. The van der Waals surface area contributed by atoms with E-state index in [1.807, 2.05) is 6.07 Å². The summed E-state index contributed by atoms with van der Waals surface area (Å²) in [7, 11) is -3.11. The van der Waals surface area contributed by atoms with Gasteiger partial charge in [-0.2, -0.15) is 4.31 Å². The zero-order valence-electron chi connectivity index (χ0n) is 11.1. The summed E-state index contributed by atoms with van der Waals surface area (Å²) in [5.41, 5.74) is 7.10. The molecule has 1 aromatic rings. The van der Waals surface area contributed by atoms with E-state index in [0.717, 1.165) is 10.2 Å². The van der Waals surface area contributed by atoms with E-state index in [4.69, 9.17) is 11.1 Å². The zero-order valence-corrected chi connectivity index (χ0v) is 13.5. The fourth-order valence-corrected chi connectivity index (χ4v) is 3.65. The first kappa shape index (κ1) is 15.3. The number of rotatable bonds is 3. The van der Waals surface area contributed by atoms with Crippen LogP contribution < -0.4 is 10.6 Å². The van der Waals surface area contributed by atoms with E-state index in [0.29, 0.717) is 31.7 Å². The number of nitrogens with zero attached hydrogens (tertiary/aromatic N) is 2. The molecule has 3 N–H and O–H groups in total. The van der Waals surface area contributed by atoms with Crippen LogP contribution in [-0.2, 0) is 10.0 Å². The van der Waals surface area contributed by atoms with Crippen LogP contribution in [0.15, 0.2) is 22.7 Å². The highest BCUT2D eigenvalue weighted by Gasteiger charge is 2.24. The first-order chi connectivity index (χ1) is 9.29. The molecule has 6 nitrogen and oxygen atoms in total. The lowest BCUT2D eigenvalue weighted by Gasteiger charge is -2.35. The Morgan fingerprint density at radius 3 is 2.35 bits per heavy atom. The van der Waals surface area contributed by atoms with Gasteiger partial charge in [-0.1, -0.05) is 0 Å². The lowest BCUT2D eigenvalue weighted by Crippen LogP contribution is -2.48. The first-order valence-corrected chi connectivity index (χ1v) is 8.77. The number of amidine groups is 1. The Kier molecular flexibility index (Phi) is 4.36. The summed E-state index contributed by atoms with van der Waals surface area (Å²) >= 11 is 3.48. The molecular weight excluding hydrogens is 344 g/mol. The van der Waals surface area contributed by atoms with Crippen molar-refractivity contribution in [3.05, 3.63) is 28.2 Å². The van der Waals surface area contributed by atoms with Crippen molar-refractivity contribution in [2.24, 2.45) is 5.73 Å². The fraction of sp³-hybridized carbons (Fsp3) is 0.417. The Bertz CT molecular complexity index is 624. The van der Waals surface area contributed by atoms with Crippen LogP contribution in [0.4, 0.5) is 5.69 Å². The Morgan fingerprint density at radius 2 is 1.90 bits per heavy atom. The standard InChI is InChI=1S/C12H17BrN4O2S/c1-20(18,19)17-6-4-16(5-7-17)11-3-2-9(12(14)15)8-10(11)13/h2-3,8H,4-7H2,1H3,(H3,14,15). The molecule has 110 valence electrons. The third-order valence-corrected chi connectivity index (χ3v) is 5.25. The van der Waals surface area contributed by atoms with Crippen molar-refractivity contribution in [1.29, 1.82) is 5.41 Å². The molecule has 0 spiro atoms. The molecule has 0 radical (unpaired) electrons. The van der Waals surface area contributed by atoms with Crippen molar-refractivity contribution in [2.75, 3.05) is 37.3 Å². The van der Waals surface area contributed by atoms with Crippen LogP contribution in [0.1, 0.15) is 5.56 Å². The van der Waals surface area contributed by atoms with Crippen LogP contribution in [0.5, 0.6) is 0 Å². The molecule has 1 aliphatic rings. The summed E-state index contributed by atoms with van der Waals surface area (Å²) in [4.78, 5) is 2.12. The largest absolute Gasteiger partial charge is 0.384 e. The highest BCUT2D eigenvalue weighted by molar-refractivity contribution is 9.10. The van der Waals surface area contributed by atoms with E-state index in [2.05, 4.69) is 20.8 Å². The van der Waals surface area contributed by atoms with Crippen molar-refractivity contribution in [3.63, 3.8) is 0 Å². The second kappa shape index (κ2) is 5.71. The number of piperazine rings is 1. The van der Waals surface area contributed by atoms with Crippen LogP contribution in [0.25, 0.3) is 0 Å². The molecule has 8 heteroatoms. The summed E-state index contributed by atoms with van der Waals surface area (Å²) < 4.78 is 25.3. The van der Waals surface area contributed by atoms with Gasteiger partial charge in [-0.3, -0.25) is 5.41 Å². The molecule has 0 atom stereocenters. The second-order valence-electron chi connectivity index (χ2n) is 4.73. The highest BCUT2D eigenvalue weighted by Crippen LogP contribution is 2.28. The third-order valence-electron chi connectivity index (χ3n) is 3.31. The maximum absolute atomic E-state index is 11.5. The van der Waals surface area contributed by atoms with Gasteiger partial charge in [0.05, 0.1) is 11.9 Å². The average Bonchev–Trinajstić information content (AvgIpc) is 2.37. The van der Waals surface area contributed by atoms with Gasteiger partial charge < -0.3 is 10.6 Å². The SMILES string of the molecule is CS(=O)(=O)N1CCN(c2ccc(C(=N)N)cc2Br)CC1. The number of nitrogens with two attached hydrogens (primary N) is 1. The molecule has 1 saturated heterocycles. The van der Waals surface area contributed by atoms with E-state index in [1.165, 1.54) is 10.6 Å². The van der Waals surface area contributed by atoms with Gasteiger partial charge in [0.2, 0.25) is 10.0 Å². The van der Waals surface area contributed by atoms with Crippen LogP contribution in [0.2, 0.25) is 0 Å². The molecule has 1 heterocycles. The van der Waals surface area contributed by atoms with Crippen LogP contribution in [0, 0.1) is 5.41 Å². The van der Waals surface area contributed by atoms with E-state index in [-0.39, 0.29) is 5.84 Å². The number of nitrogens with one attached hydrogen (secondary N) is 1. The number of anilines is 1. The van der Waals surface area contributed by atoms with E-state index >= 15 is 0 Å². The number of halogens is 1. The summed E-state index contributed by atoms with van der Waals surface area (Å²) in [6.07, 6.45) is 1.24. The number of nitrogen functional groups attached to an aromatic ring is 1. The van der Waals surface area contributed by atoms with Gasteiger partial charge in [-0.25, -0.2) is 8.42 Å². The molecule has 20 heavy (non-hydrogen) atoms. The number of benzene rings is 1. The molecule has 0 aliphatic carbocycles. The molecule has 1 aliphatic heterocycles. The van der Waals surface area contributed by atoms with Crippen LogP contribution >= 0.6 is 15.9 Å². The smallest absolute Gasteiger partial charge is 0.211 e. The van der Waals surface area contributed by atoms with Gasteiger partial charge >= 0.3 is 0 Å². The normalized spacial score (nSPS) is 17.2. The molecule has 0 aromatic heterocycles. The molecule has 2 rings (SSSR count). The van der Waals surface area contributed by atoms with Gasteiger partial charge in [0.25, 0.3) is 0 Å². The lowest BCUT2D eigenvalue weighted by molar-refractivity contribution is 0.388. The topological polar surface area (TPSA) is 90.5 Å². The second-order valence-corrected chi connectivity index (χ2v) is 7.57. The first-order valence-electron chi connectivity index (χ1n) is 6.13. The van der Waals surface area contributed by atoms with Gasteiger partial charge in [0.15, 0.2) is 0 Å². The molecule has 1 aromatic carbocycles. The minimum absolute atomic E-state index is 0.0270. The van der Waals surface area contributed by atoms with Gasteiger partial charge in [-0.15, -0.1) is 0 Å². The quantitative estimate of drug-likeness (QED) is 0.616. The summed E-state index contributed by atoms with van der Waals surface area (Å²) in [6, 6.07) is 5.50. The summed E-state index contributed by atoms with van der Waals surface area (Å²) in [5, 5.41) is 7.41. The fourth-order valence-electron chi connectivity index (χ4n) is 2.19. The Morgan fingerprint density at radius 1 is 1.30 bits per heavy atom. The number of hydrogen-bond donors (Lipinski definition) is 2. The Labute approximate surface area is 127 Å². The maximum Gasteiger partial charge on any atom is 0.211 e.